The summed E-state index contributed by atoms with van der Waals surface area (Å²) >= 11 is 0. The first-order chi connectivity index (χ1) is 9.36. The summed E-state index contributed by atoms with van der Waals surface area (Å²) in [4.78, 5) is 4.41. The first kappa shape index (κ1) is 14.9. The second-order valence-electron chi connectivity index (χ2n) is 5.52. The molecule has 6 heteroatoms. The minimum absolute atomic E-state index is 0.246. The highest BCUT2D eigenvalue weighted by Gasteiger charge is 2.22. The van der Waals surface area contributed by atoms with E-state index < -0.39 is 10.0 Å². The molecule has 0 bridgehead atoms. The van der Waals surface area contributed by atoms with Crippen molar-refractivity contribution in [1.82, 2.24) is 9.71 Å². The Bertz CT molecular complexity index is 706. The van der Waals surface area contributed by atoms with E-state index in [0.29, 0.717) is 24.0 Å². The molecule has 2 rings (SSSR count). The predicted octanol–water partition coefficient (Wildman–Crippen LogP) is 1.50. The molecule has 0 spiro atoms. The number of benzene rings is 1. The molecule has 2 aromatic rings. The molecule has 0 saturated heterocycles. The van der Waals surface area contributed by atoms with Gasteiger partial charge in [0.15, 0.2) is 0 Å². The topological polar surface area (TPSA) is 85.1 Å². The zero-order valence-corrected chi connectivity index (χ0v) is 12.4. The third-order valence-corrected chi connectivity index (χ3v) is 4.65. The lowest BCUT2D eigenvalue weighted by molar-refractivity contribution is 0.376. The lowest BCUT2D eigenvalue weighted by atomic mass is 9.95. The Labute approximate surface area is 119 Å². The van der Waals surface area contributed by atoms with Crippen molar-refractivity contribution >= 4 is 20.9 Å². The number of hydrogen-bond acceptors (Lipinski definition) is 4. The number of nitrogens with one attached hydrogen (secondary N) is 1. The van der Waals surface area contributed by atoms with E-state index >= 15 is 0 Å². The van der Waals surface area contributed by atoms with Gasteiger partial charge in [0.2, 0.25) is 10.0 Å². The average Bonchev–Trinajstić information content (AvgIpc) is 2.45. The van der Waals surface area contributed by atoms with Crippen molar-refractivity contribution in [1.29, 1.82) is 0 Å². The molecule has 0 fully saturated rings. The van der Waals surface area contributed by atoms with Crippen LogP contribution in [-0.4, -0.2) is 26.5 Å². The summed E-state index contributed by atoms with van der Waals surface area (Å²) in [6, 6.07) is 8.55. The molecule has 0 radical (unpaired) electrons. The predicted molar refractivity (Wildman–Crippen MR) is 79.8 cm³/mol. The molecular formula is C14H19N3O2S. The van der Waals surface area contributed by atoms with Gasteiger partial charge in [0.1, 0.15) is 0 Å². The highest BCUT2D eigenvalue weighted by Crippen LogP contribution is 2.21. The van der Waals surface area contributed by atoms with Crippen molar-refractivity contribution in [3.63, 3.8) is 0 Å². The second-order valence-corrected chi connectivity index (χ2v) is 7.25. The molecule has 1 aromatic carbocycles. The van der Waals surface area contributed by atoms with E-state index in [1.807, 2.05) is 13.8 Å². The highest BCUT2D eigenvalue weighted by molar-refractivity contribution is 7.89. The van der Waals surface area contributed by atoms with Crippen molar-refractivity contribution in [3.8, 4) is 0 Å². The van der Waals surface area contributed by atoms with Crippen LogP contribution < -0.4 is 10.5 Å². The fraction of sp³-hybridized carbons (Fsp3) is 0.357. The lowest BCUT2D eigenvalue weighted by Crippen LogP contribution is -2.38. The van der Waals surface area contributed by atoms with Gasteiger partial charge in [0.25, 0.3) is 0 Å². The fourth-order valence-corrected chi connectivity index (χ4v) is 3.21. The Morgan fingerprint density at radius 3 is 2.70 bits per heavy atom. The normalized spacial score (nSPS) is 12.8. The van der Waals surface area contributed by atoms with Gasteiger partial charge >= 0.3 is 0 Å². The molecule has 0 saturated carbocycles. The molecule has 1 heterocycles. The van der Waals surface area contributed by atoms with Crippen LogP contribution in [0.3, 0.4) is 0 Å². The van der Waals surface area contributed by atoms with E-state index in [-0.39, 0.29) is 10.3 Å². The summed E-state index contributed by atoms with van der Waals surface area (Å²) in [5, 5.41) is 0.619. The van der Waals surface area contributed by atoms with Crippen LogP contribution in [0.15, 0.2) is 41.4 Å². The van der Waals surface area contributed by atoms with Crippen LogP contribution in [0, 0.1) is 5.41 Å². The third-order valence-electron chi connectivity index (χ3n) is 3.19. The smallest absolute Gasteiger partial charge is 0.241 e. The summed E-state index contributed by atoms with van der Waals surface area (Å²) in [6.07, 6.45) is 1.64. The number of nitrogens with two attached hydrogens (primary N) is 1. The largest absolute Gasteiger partial charge is 0.330 e. The van der Waals surface area contributed by atoms with Crippen LogP contribution in [0.25, 0.3) is 10.9 Å². The Morgan fingerprint density at radius 1 is 1.25 bits per heavy atom. The molecule has 0 aliphatic carbocycles. The fourth-order valence-electron chi connectivity index (χ4n) is 1.75. The van der Waals surface area contributed by atoms with E-state index in [9.17, 15) is 8.42 Å². The zero-order chi connectivity index (χ0) is 14.8. The van der Waals surface area contributed by atoms with E-state index in [2.05, 4.69) is 9.71 Å². The molecule has 0 amide bonds. The van der Waals surface area contributed by atoms with Crippen molar-refractivity contribution in [2.24, 2.45) is 11.1 Å². The van der Waals surface area contributed by atoms with Gasteiger partial charge in [0.05, 0.1) is 10.4 Å². The van der Waals surface area contributed by atoms with Crippen molar-refractivity contribution in [2.75, 3.05) is 13.1 Å². The Hall–Kier alpha value is -1.50. The van der Waals surface area contributed by atoms with E-state index in [1.54, 1.807) is 36.5 Å². The van der Waals surface area contributed by atoms with Crippen LogP contribution >= 0.6 is 0 Å². The maximum Gasteiger partial charge on any atom is 0.241 e. The lowest BCUT2D eigenvalue weighted by Gasteiger charge is -2.22. The van der Waals surface area contributed by atoms with E-state index in [1.165, 1.54) is 0 Å². The summed E-state index contributed by atoms with van der Waals surface area (Å²) in [6.45, 7) is 4.54. The Balaban J connectivity index is 2.38. The summed E-state index contributed by atoms with van der Waals surface area (Å²) in [5.41, 5.74) is 6.00. The number of fused-ring (bicyclic) bond motifs is 1. The number of nitrogens with zero attached hydrogens (tertiary/aromatic N) is 1. The van der Waals surface area contributed by atoms with E-state index in [4.69, 9.17) is 5.73 Å². The Kier molecular flexibility index (Phi) is 4.08. The van der Waals surface area contributed by atoms with Gasteiger partial charge in [-0.25, -0.2) is 13.1 Å². The van der Waals surface area contributed by atoms with Gasteiger partial charge < -0.3 is 5.73 Å². The van der Waals surface area contributed by atoms with E-state index in [0.717, 1.165) is 0 Å². The highest BCUT2D eigenvalue weighted by atomic mass is 32.2. The minimum atomic E-state index is -3.58. The van der Waals surface area contributed by atoms with Gasteiger partial charge in [0, 0.05) is 18.1 Å². The summed E-state index contributed by atoms with van der Waals surface area (Å²) < 4.78 is 27.5. The van der Waals surface area contributed by atoms with Gasteiger partial charge in [-0.15, -0.1) is 0 Å². The van der Waals surface area contributed by atoms with Crippen LogP contribution in [0.1, 0.15) is 13.8 Å². The summed E-state index contributed by atoms with van der Waals surface area (Å²) in [7, 11) is -3.58. The first-order valence-electron chi connectivity index (χ1n) is 6.39. The molecule has 0 atom stereocenters. The SMILES string of the molecule is CC(C)(CN)CNS(=O)(=O)c1cccc2ncccc12. The van der Waals surface area contributed by atoms with Crippen LogP contribution in [0.2, 0.25) is 0 Å². The molecule has 20 heavy (non-hydrogen) atoms. The number of aromatic nitrogens is 1. The number of pyridine rings is 1. The van der Waals surface area contributed by atoms with Gasteiger partial charge in [-0.2, -0.15) is 0 Å². The number of sulfonamides is 1. The van der Waals surface area contributed by atoms with Crippen LogP contribution in [0.4, 0.5) is 0 Å². The third kappa shape index (κ3) is 3.15. The molecule has 5 nitrogen and oxygen atoms in total. The molecule has 0 aliphatic heterocycles. The number of hydrogen-bond donors (Lipinski definition) is 2. The van der Waals surface area contributed by atoms with Gasteiger partial charge in [-0.1, -0.05) is 19.9 Å². The van der Waals surface area contributed by atoms with Crippen LogP contribution in [0.5, 0.6) is 0 Å². The maximum absolute atomic E-state index is 12.4. The summed E-state index contributed by atoms with van der Waals surface area (Å²) in [5.74, 6) is 0. The molecule has 0 aliphatic rings. The maximum atomic E-state index is 12.4. The van der Waals surface area contributed by atoms with Crippen molar-refractivity contribution in [2.45, 2.75) is 18.7 Å². The molecule has 0 unspecified atom stereocenters. The molecule has 3 N–H and O–H groups in total. The van der Waals surface area contributed by atoms with Crippen molar-refractivity contribution in [3.05, 3.63) is 36.5 Å². The average molecular weight is 293 g/mol. The van der Waals surface area contributed by atoms with Gasteiger partial charge in [-0.3, -0.25) is 4.98 Å². The quantitative estimate of drug-likeness (QED) is 0.875. The number of rotatable bonds is 5. The van der Waals surface area contributed by atoms with Crippen LogP contribution in [-0.2, 0) is 10.0 Å². The van der Waals surface area contributed by atoms with Crippen molar-refractivity contribution < 1.29 is 8.42 Å². The molecule has 108 valence electrons. The van der Waals surface area contributed by atoms with Gasteiger partial charge in [-0.05, 0) is 36.2 Å². The molecule has 1 aromatic heterocycles. The first-order valence-corrected chi connectivity index (χ1v) is 7.87. The second kappa shape index (κ2) is 5.47. The Morgan fingerprint density at radius 2 is 2.00 bits per heavy atom. The molecular weight excluding hydrogens is 274 g/mol. The standard InChI is InChI=1S/C14H19N3O2S/c1-14(2,9-15)10-17-20(18,19)13-7-3-6-12-11(13)5-4-8-16-12/h3-8,17H,9-10,15H2,1-2H3. The minimum Gasteiger partial charge on any atom is -0.330 e. The zero-order valence-electron chi connectivity index (χ0n) is 11.6. The monoisotopic (exact) mass is 293 g/mol.